The van der Waals surface area contributed by atoms with Crippen LogP contribution >= 0.6 is 0 Å². The number of hydrogen-bond donors (Lipinski definition) is 1. The van der Waals surface area contributed by atoms with Crippen LogP contribution in [0.4, 0.5) is 0 Å². The molecule has 176 valence electrons. The molecule has 0 saturated heterocycles. The van der Waals surface area contributed by atoms with Crippen molar-refractivity contribution in [2.75, 3.05) is 0 Å². The van der Waals surface area contributed by atoms with Crippen molar-refractivity contribution in [3.8, 4) is 0 Å². The van der Waals surface area contributed by atoms with Crippen molar-refractivity contribution in [2.45, 2.75) is 132 Å². The Morgan fingerprint density at radius 3 is 2.06 bits per heavy atom. The fourth-order valence-corrected chi connectivity index (χ4v) is 10.4. The normalized spacial score (nSPS) is 53.1. The highest BCUT2D eigenvalue weighted by Crippen LogP contribution is 2.75. The van der Waals surface area contributed by atoms with E-state index in [2.05, 4.69) is 55.4 Å². The number of aliphatic hydroxyl groups excluding tert-OH is 1. The monoisotopic (exact) mass is 426 g/mol. The van der Waals surface area contributed by atoms with Gasteiger partial charge in [0, 0.05) is 0 Å². The molecular formula is C30H50O. The summed E-state index contributed by atoms with van der Waals surface area (Å²) >= 11 is 0. The van der Waals surface area contributed by atoms with E-state index in [1.807, 2.05) is 11.1 Å². The summed E-state index contributed by atoms with van der Waals surface area (Å²) in [5.74, 6) is 1.50. The topological polar surface area (TPSA) is 20.2 Å². The molecule has 31 heavy (non-hydrogen) atoms. The average molecular weight is 427 g/mol. The maximum Gasteiger partial charge on any atom is 0.0594 e. The maximum atomic E-state index is 10.9. The van der Waals surface area contributed by atoms with Crippen LogP contribution in [0.2, 0.25) is 0 Å². The molecule has 3 fully saturated rings. The van der Waals surface area contributed by atoms with Gasteiger partial charge in [-0.2, -0.15) is 0 Å². The van der Waals surface area contributed by atoms with Crippen LogP contribution in [-0.4, -0.2) is 11.2 Å². The number of fused-ring (bicyclic) bond motifs is 6. The molecule has 5 rings (SSSR count). The van der Waals surface area contributed by atoms with Gasteiger partial charge in [0.25, 0.3) is 0 Å². The summed E-state index contributed by atoms with van der Waals surface area (Å²) < 4.78 is 0. The fraction of sp³-hybridized carbons (Fsp3) is 0.933. The van der Waals surface area contributed by atoms with Gasteiger partial charge in [-0.25, -0.2) is 0 Å². The van der Waals surface area contributed by atoms with E-state index in [4.69, 9.17) is 0 Å². The maximum absolute atomic E-state index is 10.9. The minimum Gasteiger partial charge on any atom is -0.393 e. The number of aliphatic hydroxyl groups is 1. The van der Waals surface area contributed by atoms with Crippen molar-refractivity contribution in [3.05, 3.63) is 11.1 Å². The van der Waals surface area contributed by atoms with Crippen molar-refractivity contribution in [1.82, 2.24) is 0 Å². The SMILES string of the molecule is CC1(C)CC[C@]2(C)CC[C@]3(C)C4=C(CC[C@@]3(C)[C@H]2C1)[C@@]1(C)CC[C@H](O)C(C)(C)[C@@H]1CC4. The van der Waals surface area contributed by atoms with Crippen LogP contribution in [0.15, 0.2) is 11.1 Å². The molecule has 5 aliphatic rings. The van der Waals surface area contributed by atoms with Gasteiger partial charge in [0.2, 0.25) is 0 Å². The molecule has 0 aromatic heterocycles. The van der Waals surface area contributed by atoms with E-state index in [1.165, 1.54) is 64.2 Å². The molecule has 0 unspecified atom stereocenters. The van der Waals surface area contributed by atoms with Crippen molar-refractivity contribution in [2.24, 2.45) is 44.3 Å². The largest absolute Gasteiger partial charge is 0.393 e. The number of allylic oxidation sites excluding steroid dienone is 2. The molecule has 1 heteroatoms. The van der Waals surface area contributed by atoms with Crippen molar-refractivity contribution in [3.63, 3.8) is 0 Å². The van der Waals surface area contributed by atoms with E-state index in [0.29, 0.717) is 33.0 Å². The lowest BCUT2D eigenvalue weighted by Gasteiger charge is -2.69. The molecule has 0 radical (unpaired) electrons. The van der Waals surface area contributed by atoms with E-state index in [1.54, 1.807) is 0 Å². The zero-order chi connectivity index (χ0) is 22.7. The molecule has 7 atom stereocenters. The van der Waals surface area contributed by atoms with Gasteiger partial charge in [0.05, 0.1) is 6.10 Å². The van der Waals surface area contributed by atoms with Crippen LogP contribution in [0.25, 0.3) is 0 Å². The number of hydrogen-bond acceptors (Lipinski definition) is 1. The fourth-order valence-electron chi connectivity index (χ4n) is 10.4. The molecular weight excluding hydrogens is 376 g/mol. The smallest absolute Gasteiger partial charge is 0.0594 e. The van der Waals surface area contributed by atoms with Crippen LogP contribution in [0, 0.1) is 44.3 Å². The van der Waals surface area contributed by atoms with Crippen molar-refractivity contribution in [1.29, 1.82) is 0 Å². The zero-order valence-corrected chi connectivity index (χ0v) is 22.0. The van der Waals surface area contributed by atoms with E-state index >= 15 is 0 Å². The van der Waals surface area contributed by atoms with Gasteiger partial charge < -0.3 is 5.11 Å². The molecule has 0 aromatic rings. The Bertz CT molecular complexity index is 803. The Morgan fingerprint density at radius 2 is 1.35 bits per heavy atom. The van der Waals surface area contributed by atoms with Gasteiger partial charge in [-0.15, -0.1) is 0 Å². The van der Waals surface area contributed by atoms with Crippen LogP contribution in [0.1, 0.15) is 126 Å². The summed E-state index contributed by atoms with van der Waals surface area (Å²) in [6, 6.07) is 0. The molecule has 0 amide bonds. The van der Waals surface area contributed by atoms with Gasteiger partial charge in [-0.1, -0.05) is 66.5 Å². The first kappa shape index (κ1) is 22.5. The summed E-state index contributed by atoms with van der Waals surface area (Å²) in [7, 11) is 0. The van der Waals surface area contributed by atoms with Crippen LogP contribution < -0.4 is 0 Å². The molecule has 0 aromatic carbocycles. The molecule has 3 saturated carbocycles. The van der Waals surface area contributed by atoms with Gasteiger partial charge in [-0.05, 0) is 115 Å². The second-order valence-electron chi connectivity index (χ2n) is 15.2. The first-order valence-electron chi connectivity index (χ1n) is 13.6. The highest BCUT2D eigenvalue weighted by molar-refractivity contribution is 5.38. The van der Waals surface area contributed by atoms with E-state index < -0.39 is 0 Å². The highest BCUT2D eigenvalue weighted by Gasteiger charge is 2.65. The molecule has 1 nitrogen and oxygen atoms in total. The Hall–Kier alpha value is -0.300. The van der Waals surface area contributed by atoms with Crippen molar-refractivity contribution >= 4 is 0 Å². The van der Waals surface area contributed by atoms with Crippen LogP contribution in [0.3, 0.4) is 0 Å². The minimum atomic E-state index is -0.128. The van der Waals surface area contributed by atoms with Gasteiger partial charge in [0.1, 0.15) is 0 Å². The second kappa shape index (κ2) is 6.43. The standard InChI is InChI=1S/C30H50O/c1-25(2)15-16-27(5)17-18-29(7)21-9-10-22-26(3,4)24(31)12-13-28(22,6)20(21)11-14-30(29,8)23(27)19-25/h22-24,31H,9-19H2,1-8H3/t22-,23-,24-,27+,28+,29+,30-/m0/s1. The molecule has 0 heterocycles. The average Bonchev–Trinajstić information content (AvgIpc) is 2.68. The van der Waals surface area contributed by atoms with Gasteiger partial charge >= 0.3 is 0 Å². The lowest BCUT2D eigenvalue weighted by molar-refractivity contribution is -0.154. The predicted molar refractivity (Wildman–Crippen MR) is 131 cm³/mol. The first-order valence-corrected chi connectivity index (χ1v) is 13.6. The Morgan fingerprint density at radius 1 is 0.677 bits per heavy atom. The minimum absolute atomic E-state index is 0.0473. The lowest BCUT2D eigenvalue weighted by Crippen LogP contribution is -2.61. The third kappa shape index (κ3) is 2.77. The Balaban J connectivity index is 1.59. The molecule has 0 bridgehead atoms. The van der Waals surface area contributed by atoms with E-state index in [-0.39, 0.29) is 11.5 Å². The summed E-state index contributed by atoms with van der Waals surface area (Å²) in [5, 5.41) is 10.9. The zero-order valence-electron chi connectivity index (χ0n) is 22.0. The van der Waals surface area contributed by atoms with E-state index in [0.717, 1.165) is 12.3 Å². The third-order valence-electron chi connectivity index (χ3n) is 13.0. The number of rotatable bonds is 0. The lowest BCUT2D eigenvalue weighted by atomic mass is 9.35. The Labute approximate surface area is 192 Å². The van der Waals surface area contributed by atoms with E-state index in [9.17, 15) is 5.11 Å². The van der Waals surface area contributed by atoms with Gasteiger partial charge in [0.15, 0.2) is 0 Å². The molecule has 5 aliphatic carbocycles. The highest BCUT2D eigenvalue weighted by atomic mass is 16.3. The second-order valence-corrected chi connectivity index (χ2v) is 15.2. The Kier molecular flexibility index (Phi) is 4.66. The summed E-state index contributed by atoms with van der Waals surface area (Å²) in [5.41, 5.74) is 6.02. The predicted octanol–water partition coefficient (Wildman–Crippen LogP) is 8.31. The van der Waals surface area contributed by atoms with Crippen molar-refractivity contribution < 1.29 is 5.11 Å². The molecule has 0 aliphatic heterocycles. The molecule has 1 N–H and O–H groups in total. The van der Waals surface area contributed by atoms with Crippen LogP contribution in [0.5, 0.6) is 0 Å². The third-order valence-corrected chi connectivity index (χ3v) is 13.0. The molecule has 0 spiro atoms. The quantitative estimate of drug-likeness (QED) is 0.386. The first-order chi connectivity index (χ1) is 14.2. The summed E-state index contributed by atoms with van der Waals surface area (Å²) in [4.78, 5) is 0. The summed E-state index contributed by atoms with van der Waals surface area (Å²) in [6.07, 6.45) is 14.5. The van der Waals surface area contributed by atoms with Gasteiger partial charge in [-0.3, -0.25) is 0 Å². The van der Waals surface area contributed by atoms with Crippen LogP contribution in [-0.2, 0) is 0 Å². The summed E-state index contributed by atoms with van der Waals surface area (Å²) in [6.45, 7) is 20.5.